The molecule has 0 unspecified atom stereocenters. The second-order valence-corrected chi connectivity index (χ2v) is 7.75. The van der Waals surface area contributed by atoms with Gasteiger partial charge in [0.2, 0.25) is 0 Å². The summed E-state index contributed by atoms with van der Waals surface area (Å²) in [6, 6.07) is 16.2. The molecule has 1 fully saturated rings. The number of ether oxygens (including phenoxy) is 1. The first-order valence-corrected chi connectivity index (χ1v) is 10.6. The molecule has 6 heteroatoms. The maximum absolute atomic E-state index is 13.1. The van der Waals surface area contributed by atoms with E-state index < -0.39 is 0 Å². The summed E-state index contributed by atoms with van der Waals surface area (Å²) in [7, 11) is 1.63. The van der Waals surface area contributed by atoms with Crippen molar-refractivity contribution in [2.24, 2.45) is 0 Å². The van der Waals surface area contributed by atoms with E-state index in [-0.39, 0.29) is 5.91 Å². The molecule has 1 aliphatic heterocycles. The Labute approximate surface area is 182 Å². The van der Waals surface area contributed by atoms with Crippen molar-refractivity contribution >= 4 is 16.7 Å². The Balaban J connectivity index is 1.51. The van der Waals surface area contributed by atoms with Crippen LogP contribution in [0.3, 0.4) is 0 Å². The highest BCUT2D eigenvalue weighted by Crippen LogP contribution is 2.30. The maximum Gasteiger partial charge on any atom is 0.253 e. The van der Waals surface area contributed by atoms with Crippen molar-refractivity contribution in [1.82, 2.24) is 14.8 Å². The monoisotopic (exact) mass is 414 g/mol. The topological polar surface area (TPSA) is 69.5 Å². The minimum Gasteiger partial charge on any atom is -0.495 e. The largest absolute Gasteiger partial charge is 0.495 e. The van der Waals surface area contributed by atoms with Crippen molar-refractivity contribution in [3.63, 3.8) is 0 Å². The maximum atomic E-state index is 13.1. The highest BCUT2D eigenvalue weighted by molar-refractivity contribution is 6.02. The second kappa shape index (κ2) is 9.59. The lowest BCUT2D eigenvalue weighted by Gasteiger charge is -2.34. The zero-order valence-electron chi connectivity index (χ0n) is 17.8. The molecule has 1 saturated heterocycles. The number of methoxy groups -OCH3 is 1. The predicted octanol–water partition coefficient (Wildman–Crippen LogP) is 3.97. The SMILES string of the molecule is COc1cncc(-c2cccc3cc(C(=O)N4CCN(CCCC#N)CC4)ccc23)c1. The van der Waals surface area contributed by atoms with Crippen molar-refractivity contribution in [1.29, 1.82) is 5.26 Å². The van der Waals surface area contributed by atoms with Gasteiger partial charge in [0.05, 0.1) is 19.4 Å². The number of hydrogen-bond acceptors (Lipinski definition) is 5. The molecule has 4 rings (SSSR count). The van der Waals surface area contributed by atoms with Gasteiger partial charge in [-0.05, 0) is 47.5 Å². The summed E-state index contributed by atoms with van der Waals surface area (Å²) in [6.45, 7) is 4.08. The van der Waals surface area contributed by atoms with Crippen LogP contribution < -0.4 is 4.74 Å². The first-order valence-electron chi connectivity index (χ1n) is 10.6. The lowest BCUT2D eigenvalue weighted by atomic mass is 9.97. The number of unbranched alkanes of at least 4 members (excludes halogenated alkanes) is 1. The number of hydrogen-bond donors (Lipinski definition) is 0. The molecular weight excluding hydrogens is 388 g/mol. The van der Waals surface area contributed by atoms with Crippen molar-refractivity contribution in [2.45, 2.75) is 12.8 Å². The van der Waals surface area contributed by atoms with E-state index >= 15 is 0 Å². The fourth-order valence-electron chi connectivity index (χ4n) is 4.09. The van der Waals surface area contributed by atoms with Gasteiger partial charge in [-0.3, -0.25) is 14.7 Å². The number of nitriles is 1. The highest BCUT2D eigenvalue weighted by Gasteiger charge is 2.22. The average Bonchev–Trinajstić information content (AvgIpc) is 2.83. The van der Waals surface area contributed by atoms with Gasteiger partial charge < -0.3 is 9.64 Å². The Kier molecular flexibility index (Phi) is 6.44. The second-order valence-electron chi connectivity index (χ2n) is 7.75. The Bertz CT molecular complexity index is 1110. The van der Waals surface area contributed by atoms with Crippen LogP contribution in [0.1, 0.15) is 23.2 Å². The molecule has 0 radical (unpaired) electrons. The molecule has 0 aliphatic carbocycles. The zero-order valence-corrected chi connectivity index (χ0v) is 17.8. The third kappa shape index (κ3) is 4.68. The number of benzene rings is 2. The van der Waals surface area contributed by atoms with Crippen LogP contribution in [-0.2, 0) is 0 Å². The first kappa shape index (κ1) is 20.8. The van der Waals surface area contributed by atoms with E-state index in [2.05, 4.69) is 22.0 Å². The number of rotatable bonds is 6. The van der Waals surface area contributed by atoms with Gasteiger partial charge in [-0.1, -0.05) is 24.3 Å². The van der Waals surface area contributed by atoms with E-state index in [0.29, 0.717) is 17.7 Å². The number of nitrogens with zero attached hydrogens (tertiary/aromatic N) is 4. The number of aromatic nitrogens is 1. The van der Waals surface area contributed by atoms with Gasteiger partial charge in [0.15, 0.2) is 0 Å². The molecule has 0 N–H and O–H groups in total. The normalized spacial score (nSPS) is 14.4. The van der Waals surface area contributed by atoms with Gasteiger partial charge in [0, 0.05) is 49.9 Å². The molecule has 6 nitrogen and oxygen atoms in total. The quantitative estimate of drug-likeness (QED) is 0.571. The number of piperazine rings is 1. The third-order valence-electron chi connectivity index (χ3n) is 5.81. The first-order chi connectivity index (χ1) is 15.2. The molecule has 0 atom stereocenters. The highest BCUT2D eigenvalue weighted by atomic mass is 16.5. The summed E-state index contributed by atoms with van der Waals surface area (Å²) in [6.07, 6.45) is 4.99. The van der Waals surface area contributed by atoms with Gasteiger partial charge in [-0.25, -0.2) is 0 Å². The Morgan fingerprint density at radius 2 is 1.97 bits per heavy atom. The number of pyridine rings is 1. The molecule has 31 heavy (non-hydrogen) atoms. The smallest absolute Gasteiger partial charge is 0.253 e. The molecule has 0 bridgehead atoms. The van der Waals surface area contributed by atoms with Crippen LogP contribution in [-0.4, -0.2) is 60.5 Å². The Hall–Kier alpha value is -3.43. The summed E-state index contributed by atoms with van der Waals surface area (Å²) in [5.74, 6) is 0.792. The van der Waals surface area contributed by atoms with Crippen molar-refractivity contribution < 1.29 is 9.53 Å². The van der Waals surface area contributed by atoms with E-state index in [1.807, 2.05) is 47.5 Å². The standard InChI is InChI=1S/C25H26N4O2/c1-31-22-16-21(17-27-18-22)23-6-4-5-19-15-20(7-8-24(19)23)25(30)29-13-11-28(12-14-29)10-3-2-9-26/h4-8,15-18H,2-3,10-14H2,1H3. The number of fused-ring (bicyclic) bond motifs is 1. The van der Waals surface area contributed by atoms with Crippen LogP contribution in [0.5, 0.6) is 5.75 Å². The van der Waals surface area contributed by atoms with Gasteiger partial charge in [0.25, 0.3) is 5.91 Å². The van der Waals surface area contributed by atoms with Gasteiger partial charge in [0.1, 0.15) is 5.75 Å². The van der Waals surface area contributed by atoms with Crippen molar-refractivity contribution in [2.75, 3.05) is 39.8 Å². The zero-order chi connectivity index (χ0) is 21.6. The van der Waals surface area contributed by atoms with Crippen molar-refractivity contribution in [3.8, 4) is 22.9 Å². The van der Waals surface area contributed by atoms with Gasteiger partial charge in [-0.15, -0.1) is 0 Å². The van der Waals surface area contributed by atoms with Crippen molar-refractivity contribution in [3.05, 3.63) is 60.4 Å². The van der Waals surface area contributed by atoms with E-state index in [1.54, 1.807) is 13.3 Å². The molecule has 1 aromatic heterocycles. The van der Waals surface area contributed by atoms with Crippen LogP contribution in [0.2, 0.25) is 0 Å². The summed E-state index contributed by atoms with van der Waals surface area (Å²) >= 11 is 0. The summed E-state index contributed by atoms with van der Waals surface area (Å²) in [5.41, 5.74) is 2.76. The number of carbonyl (C=O) groups excluding carboxylic acids is 1. The summed E-state index contributed by atoms with van der Waals surface area (Å²) < 4.78 is 5.31. The Morgan fingerprint density at radius 3 is 2.74 bits per heavy atom. The molecule has 1 amide bonds. The van der Waals surface area contributed by atoms with E-state index in [9.17, 15) is 4.79 Å². The summed E-state index contributed by atoms with van der Waals surface area (Å²) in [4.78, 5) is 21.6. The molecule has 1 aliphatic rings. The van der Waals surface area contributed by atoms with Crippen LogP contribution >= 0.6 is 0 Å². The minimum atomic E-state index is 0.0759. The molecule has 0 spiro atoms. The number of amides is 1. The summed E-state index contributed by atoms with van der Waals surface area (Å²) in [5, 5.41) is 10.8. The van der Waals surface area contributed by atoms with E-state index in [1.165, 1.54) is 0 Å². The molecular formula is C25H26N4O2. The van der Waals surface area contributed by atoms with Crippen LogP contribution in [0, 0.1) is 11.3 Å². The molecule has 158 valence electrons. The van der Waals surface area contributed by atoms with Crippen LogP contribution in [0.15, 0.2) is 54.9 Å². The average molecular weight is 415 g/mol. The molecule has 3 aromatic rings. The lowest BCUT2D eigenvalue weighted by Crippen LogP contribution is -2.48. The Morgan fingerprint density at radius 1 is 1.13 bits per heavy atom. The molecule has 2 aromatic carbocycles. The predicted molar refractivity (Wildman–Crippen MR) is 121 cm³/mol. The molecule has 0 saturated carbocycles. The minimum absolute atomic E-state index is 0.0759. The van der Waals surface area contributed by atoms with Crippen LogP contribution in [0.4, 0.5) is 0 Å². The van der Waals surface area contributed by atoms with E-state index in [4.69, 9.17) is 10.00 Å². The molecule has 2 heterocycles. The van der Waals surface area contributed by atoms with Gasteiger partial charge in [-0.2, -0.15) is 5.26 Å². The number of carbonyl (C=O) groups is 1. The fraction of sp³-hybridized carbons (Fsp3) is 0.320. The third-order valence-corrected chi connectivity index (χ3v) is 5.81. The van der Waals surface area contributed by atoms with Crippen LogP contribution in [0.25, 0.3) is 21.9 Å². The fourth-order valence-corrected chi connectivity index (χ4v) is 4.09. The van der Waals surface area contributed by atoms with Gasteiger partial charge >= 0.3 is 0 Å². The lowest BCUT2D eigenvalue weighted by molar-refractivity contribution is 0.0636. The van der Waals surface area contributed by atoms with E-state index in [0.717, 1.165) is 61.0 Å².